The fourth-order valence-corrected chi connectivity index (χ4v) is 1.57. The molecule has 0 unspecified atom stereocenters. The van der Waals surface area contributed by atoms with E-state index in [0.29, 0.717) is 6.54 Å². The van der Waals surface area contributed by atoms with E-state index in [2.05, 4.69) is 10.5 Å². The molecule has 4 nitrogen and oxygen atoms in total. The SMILES string of the molecule is COc1ccc(CNCc2cc(C)no2)cc1. The number of aromatic nitrogens is 1. The first-order valence-corrected chi connectivity index (χ1v) is 5.54. The van der Waals surface area contributed by atoms with Gasteiger partial charge in [-0.1, -0.05) is 17.3 Å². The van der Waals surface area contributed by atoms with Crippen LogP contribution in [0.15, 0.2) is 34.9 Å². The van der Waals surface area contributed by atoms with Crippen LogP contribution in [0.25, 0.3) is 0 Å². The van der Waals surface area contributed by atoms with Crippen LogP contribution >= 0.6 is 0 Å². The summed E-state index contributed by atoms with van der Waals surface area (Å²) in [5.74, 6) is 1.73. The van der Waals surface area contributed by atoms with Crippen molar-refractivity contribution in [3.05, 3.63) is 47.3 Å². The molecular formula is C13H16N2O2. The van der Waals surface area contributed by atoms with Crippen LogP contribution in [0.2, 0.25) is 0 Å². The van der Waals surface area contributed by atoms with E-state index in [4.69, 9.17) is 9.26 Å². The number of nitrogens with one attached hydrogen (secondary N) is 1. The lowest BCUT2D eigenvalue weighted by Gasteiger charge is -2.04. The summed E-state index contributed by atoms with van der Waals surface area (Å²) in [6, 6.07) is 9.92. The predicted octanol–water partition coefficient (Wildman–Crippen LogP) is 2.28. The van der Waals surface area contributed by atoms with Crippen LogP contribution in [0.4, 0.5) is 0 Å². The van der Waals surface area contributed by atoms with Gasteiger partial charge in [0.25, 0.3) is 0 Å². The molecule has 0 bridgehead atoms. The fourth-order valence-electron chi connectivity index (χ4n) is 1.57. The first-order chi connectivity index (χ1) is 8.28. The third kappa shape index (κ3) is 3.32. The van der Waals surface area contributed by atoms with Crippen LogP contribution in [0, 0.1) is 6.92 Å². The zero-order valence-corrected chi connectivity index (χ0v) is 10.1. The molecule has 2 rings (SSSR count). The number of aryl methyl sites for hydroxylation is 1. The third-order valence-corrected chi connectivity index (χ3v) is 2.46. The molecule has 0 amide bonds. The Kier molecular flexibility index (Phi) is 3.77. The van der Waals surface area contributed by atoms with Crippen LogP contribution in [-0.2, 0) is 13.1 Å². The summed E-state index contributed by atoms with van der Waals surface area (Å²) in [6.45, 7) is 3.40. The Hall–Kier alpha value is -1.81. The summed E-state index contributed by atoms with van der Waals surface area (Å²) in [6.07, 6.45) is 0. The minimum atomic E-state index is 0.687. The summed E-state index contributed by atoms with van der Waals surface area (Å²) in [7, 11) is 1.67. The van der Waals surface area contributed by atoms with E-state index >= 15 is 0 Å². The molecule has 0 spiro atoms. The summed E-state index contributed by atoms with van der Waals surface area (Å²) in [5.41, 5.74) is 2.12. The van der Waals surface area contributed by atoms with Crippen LogP contribution in [0.5, 0.6) is 5.75 Å². The molecule has 0 radical (unpaired) electrons. The third-order valence-electron chi connectivity index (χ3n) is 2.46. The van der Waals surface area contributed by atoms with Gasteiger partial charge in [-0.15, -0.1) is 0 Å². The molecule has 0 aliphatic carbocycles. The molecule has 1 heterocycles. The molecule has 0 saturated carbocycles. The van der Waals surface area contributed by atoms with E-state index in [0.717, 1.165) is 23.7 Å². The number of hydrogen-bond donors (Lipinski definition) is 1. The second kappa shape index (κ2) is 5.50. The Morgan fingerprint density at radius 2 is 2.00 bits per heavy atom. The molecule has 90 valence electrons. The summed E-state index contributed by atoms with van der Waals surface area (Å²) < 4.78 is 10.2. The smallest absolute Gasteiger partial charge is 0.150 e. The van der Waals surface area contributed by atoms with Gasteiger partial charge in [0.15, 0.2) is 5.76 Å². The highest BCUT2D eigenvalue weighted by Crippen LogP contribution is 2.11. The van der Waals surface area contributed by atoms with Gasteiger partial charge in [0.2, 0.25) is 0 Å². The second-order valence-electron chi connectivity index (χ2n) is 3.89. The lowest BCUT2D eigenvalue weighted by Crippen LogP contribution is -2.11. The highest BCUT2D eigenvalue weighted by molar-refractivity contribution is 5.27. The minimum absolute atomic E-state index is 0.687. The topological polar surface area (TPSA) is 47.3 Å². The minimum Gasteiger partial charge on any atom is -0.497 e. The van der Waals surface area contributed by atoms with Crippen molar-refractivity contribution in [1.82, 2.24) is 10.5 Å². The van der Waals surface area contributed by atoms with E-state index in [9.17, 15) is 0 Å². The monoisotopic (exact) mass is 232 g/mol. The molecule has 0 aliphatic heterocycles. The maximum atomic E-state index is 5.11. The molecular weight excluding hydrogens is 216 g/mol. The number of benzene rings is 1. The molecule has 2 aromatic rings. The van der Waals surface area contributed by atoms with Gasteiger partial charge in [0.1, 0.15) is 5.75 Å². The van der Waals surface area contributed by atoms with Gasteiger partial charge in [-0.3, -0.25) is 0 Å². The molecule has 0 fully saturated rings. The number of rotatable bonds is 5. The maximum Gasteiger partial charge on any atom is 0.150 e. The summed E-state index contributed by atoms with van der Waals surface area (Å²) in [4.78, 5) is 0. The zero-order valence-electron chi connectivity index (χ0n) is 10.1. The quantitative estimate of drug-likeness (QED) is 0.859. The largest absolute Gasteiger partial charge is 0.497 e. The maximum absolute atomic E-state index is 5.11. The van der Waals surface area contributed by atoms with Crippen molar-refractivity contribution in [2.24, 2.45) is 0 Å². The molecule has 1 N–H and O–H groups in total. The average molecular weight is 232 g/mol. The molecule has 17 heavy (non-hydrogen) atoms. The number of nitrogens with zero attached hydrogens (tertiary/aromatic N) is 1. The number of hydrogen-bond acceptors (Lipinski definition) is 4. The summed E-state index contributed by atoms with van der Waals surface area (Å²) >= 11 is 0. The van der Waals surface area contributed by atoms with Gasteiger partial charge in [-0.05, 0) is 24.6 Å². The van der Waals surface area contributed by atoms with E-state index in [1.165, 1.54) is 5.56 Å². The van der Waals surface area contributed by atoms with E-state index in [1.807, 2.05) is 37.3 Å². The van der Waals surface area contributed by atoms with Crippen molar-refractivity contribution in [1.29, 1.82) is 0 Å². The van der Waals surface area contributed by atoms with Crippen molar-refractivity contribution in [3.8, 4) is 5.75 Å². The van der Waals surface area contributed by atoms with Gasteiger partial charge >= 0.3 is 0 Å². The first kappa shape index (κ1) is 11.7. The van der Waals surface area contributed by atoms with Gasteiger partial charge in [-0.25, -0.2) is 0 Å². The van der Waals surface area contributed by atoms with Crippen LogP contribution in [0.3, 0.4) is 0 Å². The van der Waals surface area contributed by atoms with E-state index in [1.54, 1.807) is 7.11 Å². The van der Waals surface area contributed by atoms with Crippen LogP contribution < -0.4 is 10.1 Å². The van der Waals surface area contributed by atoms with Crippen molar-refractivity contribution >= 4 is 0 Å². The molecule has 4 heteroatoms. The van der Waals surface area contributed by atoms with E-state index < -0.39 is 0 Å². The first-order valence-electron chi connectivity index (χ1n) is 5.54. The lowest BCUT2D eigenvalue weighted by molar-refractivity contribution is 0.369. The molecule has 0 atom stereocenters. The standard InChI is InChI=1S/C13H16N2O2/c1-10-7-13(17-15-10)9-14-8-11-3-5-12(16-2)6-4-11/h3-7,14H,8-9H2,1-2H3. The fraction of sp³-hybridized carbons (Fsp3) is 0.308. The molecule has 0 saturated heterocycles. The van der Waals surface area contributed by atoms with Crippen LogP contribution in [-0.4, -0.2) is 12.3 Å². The summed E-state index contributed by atoms with van der Waals surface area (Å²) in [5, 5.41) is 7.13. The van der Waals surface area contributed by atoms with Gasteiger partial charge in [-0.2, -0.15) is 0 Å². The molecule has 1 aromatic carbocycles. The van der Waals surface area contributed by atoms with Crippen molar-refractivity contribution in [3.63, 3.8) is 0 Å². The molecule has 0 aliphatic rings. The number of methoxy groups -OCH3 is 1. The molecule has 1 aromatic heterocycles. The van der Waals surface area contributed by atoms with Crippen molar-refractivity contribution in [2.75, 3.05) is 7.11 Å². The Morgan fingerprint density at radius 3 is 2.59 bits per heavy atom. The highest BCUT2D eigenvalue weighted by atomic mass is 16.5. The van der Waals surface area contributed by atoms with E-state index in [-0.39, 0.29) is 0 Å². The van der Waals surface area contributed by atoms with Gasteiger partial charge in [0.05, 0.1) is 19.3 Å². The highest BCUT2D eigenvalue weighted by Gasteiger charge is 2.00. The Labute approximate surface area is 101 Å². The van der Waals surface area contributed by atoms with Crippen molar-refractivity contribution < 1.29 is 9.26 Å². The zero-order chi connectivity index (χ0) is 12.1. The predicted molar refractivity (Wildman–Crippen MR) is 64.8 cm³/mol. The van der Waals surface area contributed by atoms with Crippen molar-refractivity contribution in [2.45, 2.75) is 20.0 Å². The Bertz CT molecular complexity index is 463. The Morgan fingerprint density at radius 1 is 1.24 bits per heavy atom. The normalized spacial score (nSPS) is 10.5. The van der Waals surface area contributed by atoms with Crippen LogP contribution in [0.1, 0.15) is 17.0 Å². The van der Waals surface area contributed by atoms with Gasteiger partial charge in [0, 0.05) is 12.6 Å². The lowest BCUT2D eigenvalue weighted by atomic mass is 10.2. The average Bonchev–Trinajstić information content (AvgIpc) is 2.76. The van der Waals surface area contributed by atoms with Gasteiger partial charge < -0.3 is 14.6 Å². The number of ether oxygens (including phenoxy) is 1. The second-order valence-corrected chi connectivity index (χ2v) is 3.89. The Balaban J connectivity index is 1.81.